The molecule has 0 bridgehead atoms. The summed E-state index contributed by atoms with van der Waals surface area (Å²) >= 11 is 0. The van der Waals surface area contributed by atoms with E-state index in [0.717, 1.165) is 59.8 Å². The second-order valence-corrected chi connectivity index (χ2v) is 7.58. The maximum atomic E-state index is 10.6. The number of nitrogens with one attached hydrogen (secondary N) is 1. The van der Waals surface area contributed by atoms with Crippen molar-refractivity contribution in [3.8, 4) is 17.3 Å². The van der Waals surface area contributed by atoms with Crippen molar-refractivity contribution in [3.05, 3.63) is 54.6 Å². The van der Waals surface area contributed by atoms with E-state index in [4.69, 9.17) is 4.98 Å². The molecule has 0 atom stereocenters. The van der Waals surface area contributed by atoms with Gasteiger partial charge in [-0.05, 0) is 44.3 Å². The molecule has 142 valence electrons. The number of aromatic hydroxyl groups is 1. The van der Waals surface area contributed by atoms with Gasteiger partial charge in [0.2, 0.25) is 5.88 Å². The van der Waals surface area contributed by atoms with Crippen molar-refractivity contribution in [2.24, 2.45) is 5.92 Å². The van der Waals surface area contributed by atoms with Gasteiger partial charge in [0.05, 0.1) is 11.0 Å². The van der Waals surface area contributed by atoms with Crippen LogP contribution in [0.1, 0.15) is 19.3 Å². The fourth-order valence-corrected chi connectivity index (χ4v) is 4.33. The fraction of sp³-hybridized carbons (Fsp3) is 0.304. The molecule has 0 aliphatic carbocycles. The van der Waals surface area contributed by atoms with Crippen LogP contribution in [0.4, 0.5) is 0 Å². The molecular weight excluding hydrogens is 348 g/mol. The van der Waals surface area contributed by atoms with E-state index in [1.807, 2.05) is 36.4 Å². The number of aryl methyl sites for hydroxylation is 1. The van der Waals surface area contributed by atoms with Crippen LogP contribution in [-0.4, -0.2) is 32.7 Å². The van der Waals surface area contributed by atoms with Gasteiger partial charge >= 0.3 is 0 Å². The largest absolute Gasteiger partial charge is 0.492 e. The van der Waals surface area contributed by atoms with Crippen molar-refractivity contribution < 1.29 is 5.11 Å². The van der Waals surface area contributed by atoms with Crippen LogP contribution in [0.5, 0.6) is 5.88 Å². The topological polar surface area (TPSA) is 63.0 Å². The summed E-state index contributed by atoms with van der Waals surface area (Å²) in [6, 6.07) is 18.2. The zero-order valence-electron chi connectivity index (χ0n) is 15.8. The Morgan fingerprint density at radius 1 is 0.964 bits per heavy atom. The first-order chi connectivity index (χ1) is 13.8. The molecule has 2 aromatic heterocycles. The molecule has 5 rings (SSSR count). The second-order valence-electron chi connectivity index (χ2n) is 7.58. The van der Waals surface area contributed by atoms with Gasteiger partial charge in [-0.1, -0.05) is 48.5 Å². The van der Waals surface area contributed by atoms with E-state index < -0.39 is 0 Å². The van der Waals surface area contributed by atoms with Gasteiger partial charge in [0, 0.05) is 17.5 Å². The lowest BCUT2D eigenvalue weighted by molar-refractivity contribution is 0.340. The fourth-order valence-electron chi connectivity index (χ4n) is 4.33. The molecule has 0 saturated carbocycles. The van der Waals surface area contributed by atoms with Gasteiger partial charge in [0.1, 0.15) is 5.82 Å². The van der Waals surface area contributed by atoms with Gasteiger partial charge in [-0.3, -0.25) is 0 Å². The minimum atomic E-state index is 0.00602. The maximum Gasteiger partial charge on any atom is 0.240 e. The average molecular weight is 372 g/mol. The number of rotatable bonds is 4. The van der Waals surface area contributed by atoms with Gasteiger partial charge in [-0.15, -0.1) is 0 Å². The summed E-state index contributed by atoms with van der Waals surface area (Å²) in [5.41, 5.74) is 3.43. The highest BCUT2D eigenvalue weighted by Crippen LogP contribution is 2.34. The monoisotopic (exact) mass is 372 g/mol. The number of hydrogen-bond donors (Lipinski definition) is 2. The molecule has 5 heteroatoms. The standard InChI is InChI=1S/C23H24N4O/c28-23-20-21(18-8-4-5-9-19(18)25-23)27(15-12-16-10-13-24-14-11-16)22(26-20)17-6-2-1-3-7-17/h1-9,16,24H,10-15H2,(H,25,28). The number of para-hydroxylation sites is 1. The van der Waals surface area contributed by atoms with Crippen LogP contribution in [0.15, 0.2) is 54.6 Å². The Hall–Kier alpha value is -2.92. The number of hydrogen-bond acceptors (Lipinski definition) is 4. The Kier molecular flexibility index (Phi) is 4.45. The predicted molar refractivity (Wildman–Crippen MR) is 112 cm³/mol. The number of aromatic nitrogens is 3. The van der Waals surface area contributed by atoms with E-state index in [2.05, 4.69) is 33.1 Å². The summed E-state index contributed by atoms with van der Waals surface area (Å²) in [6.07, 6.45) is 3.56. The molecule has 1 saturated heterocycles. The van der Waals surface area contributed by atoms with Crippen LogP contribution in [-0.2, 0) is 6.54 Å². The molecular formula is C23H24N4O. The van der Waals surface area contributed by atoms with Crippen LogP contribution in [0.2, 0.25) is 0 Å². The molecule has 1 aliphatic heterocycles. The molecule has 1 fully saturated rings. The zero-order chi connectivity index (χ0) is 18.9. The summed E-state index contributed by atoms with van der Waals surface area (Å²) in [4.78, 5) is 9.21. The summed E-state index contributed by atoms with van der Waals surface area (Å²) < 4.78 is 2.29. The third-order valence-electron chi connectivity index (χ3n) is 5.82. The van der Waals surface area contributed by atoms with Crippen molar-refractivity contribution in [3.63, 3.8) is 0 Å². The van der Waals surface area contributed by atoms with Crippen molar-refractivity contribution >= 4 is 21.9 Å². The van der Waals surface area contributed by atoms with Gasteiger partial charge in [0.15, 0.2) is 5.52 Å². The number of benzene rings is 2. The predicted octanol–water partition coefficient (Wildman–Crippen LogP) is 4.35. The van der Waals surface area contributed by atoms with Gasteiger partial charge in [-0.2, -0.15) is 0 Å². The van der Waals surface area contributed by atoms with Crippen molar-refractivity contribution in [2.75, 3.05) is 13.1 Å². The molecule has 3 heterocycles. The first kappa shape index (κ1) is 17.2. The van der Waals surface area contributed by atoms with Gasteiger partial charge < -0.3 is 15.0 Å². The van der Waals surface area contributed by atoms with E-state index in [0.29, 0.717) is 5.52 Å². The number of pyridine rings is 1. The van der Waals surface area contributed by atoms with Crippen molar-refractivity contribution in [1.82, 2.24) is 19.9 Å². The summed E-state index contributed by atoms with van der Waals surface area (Å²) in [7, 11) is 0. The maximum absolute atomic E-state index is 10.6. The van der Waals surface area contributed by atoms with Gasteiger partial charge in [0.25, 0.3) is 0 Å². The van der Waals surface area contributed by atoms with E-state index in [1.165, 1.54) is 12.8 Å². The lowest BCUT2D eigenvalue weighted by Gasteiger charge is -2.23. The Morgan fingerprint density at radius 2 is 1.71 bits per heavy atom. The Balaban J connectivity index is 1.69. The number of nitrogens with zero attached hydrogens (tertiary/aromatic N) is 3. The van der Waals surface area contributed by atoms with Crippen molar-refractivity contribution in [2.45, 2.75) is 25.8 Å². The number of imidazole rings is 1. The third kappa shape index (κ3) is 3.02. The van der Waals surface area contributed by atoms with E-state index in [1.54, 1.807) is 0 Å². The average Bonchev–Trinajstić information content (AvgIpc) is 3.14. The third-order valence-corrected chi connectivity index (χ3v) is 5.82. The second kappa shape index (κ2) is 7.24. The molecule has 0 radical (unpaired) electrons. The lowest BCUT2D eigenvalue weighted by atomic mass is 9.94. The molecule has 5 nitrogen and oxygen atoms in total. The lowest BCUT2D eigenvalue weighted by Crippen LogP contribution is -2.28. The molecule has 2 aromatic carbocycles. The Bertz CT molecular complexity index is 1110. The molecule has 0 spiro atoms. The van der Waals surface area contributed by atoms with Crippen LogP contribution in [0, 0.1) is 5.92 Å². The minimum absolute atomic E-state index is 0.00602. The highest BCUT2D eigenvalue weighted by atomic mass is 16.3. The number of piperidine rings is 1. The summed E-state index contributed by atoms with van der Waals surface area (Å²) in [6.45, 7) is 3.10. The van der Waals surface area contributed by atoms with Crippen LogP contribution < -0.4 is 5.32 Å². The Morgan fingerprint density at radius 3 is 2.54 bits per heavy atom. The van der Waals surface area contributed by atoms with Crippen molar-refractivity contribution in [1.29, 1.82) is 0 Å². The quantitative estimate of drug-likeness (QED) is 0.559. The van der Waals surface area contributed by atoms with Crippen LogP contribution in [0.25, 0.3) is 33.3 Å². The molecule has 4 aromatic rings. The summed E-state index contributed by atoms with van der Waals surface area (Å²) in [5.74, 6) is 1.63. The van der Waals surface area contributed by atoms with Crippen LogP contribution in [0.3, 0.4) is 0 Å². The highest BCUT2D eigenvalue weighted by Gasteiger charge is 2.20. The normalized spacial score (nSPS) is 15.4. The zero-order valence-corrected chi connectivity index (χ0v) is 15.8. The smallest absolute Gasteiger partial charge is 0.240 e. The first-order valence-electron chi connectivity index (χ1n) is 10.1. The van der Waals surface area contributed by atoms with Gasteiger partial charge in [-0.25, -0.2) is 9.97 Å². The molecule has 2 N–H and O–H groups in total. The first-order valence-corrected chi connectivity index (χ1v) is 10.1. The van der Waals surface area contributed by atoms with E-state index in [-0.39, 0.29) is 5.88 Å². The molecule has 28 heavy (non-hydrogen) atoms. The Labute approximate surface area is 164 Å². The molecule has 0 unspecified atom stereocenters. The van der Waals surface area contributed by atoms with E-state index in [9.17, 15) is 5.11 Å². The molecule has 1 aliphatic rings. The SMILES string of the molecule is Oc1nc2ccccc2c2c1nc(-c1ccccc1)n2CCC1CCNCC1. The highest BCUT2D eigenvalue weighted by molar-refractivity contribution is 6.05. The summed E-state index contributed by atoms with van der Waals surface area (Å²) in [5, 5.41) is 15.1. The molecule has 0 amide bonds. The number of fused-ring (bicyclic) bond motifs is 3. The van der Waals surface area contributed by atoms with E-state index >= 15 is 0 Å². The van der Waals surface area contributed by atoms with Crippen LogP contribution >= 0.6 is 0 Å². The minimum Gasteiger partial charge on any atom is -0.492 e.